The fourth-order valence-electron chi connectivity index (χ4n) is 2.32. The zero-order chi connectivity index (χ0) is 17.5. The summed E-state index contributed by atoms with van der Waals surface area (Å²) in [4.78, 5) is 26.1. The third kappa shape index (κ3) is 4.83. The Morgan fingerprint density at radius 2 is 2.17 bits per heavy atom. The first kappa shape index (κ1) is 17.5. The minimum Gasteiger partial charge on any atom is -0.352 e. The largest absolute Gasteiger partial charge is 0.352 e. The van der Waals surface area contributed by atoms with Crippen LogP contribution < -0.4 is 11.1 Å². The Morgan fingerprint density at radius 3 is 2.79 bits per heavy atom. The molecule has 2 rings (SSSR count). The van der Waals surface area contributed by atoms with Crippen LogP contribution in [0.3, 0.4) is 0 Å². The van der Waals surface area contributed by atoms with Crippen molar-refractivity contribution in [3.05, 3.63) is 57.8 Å². The molecule has 0 aliphatic carbocycles. The van der Waals surface area contributed by atoms with Crippen LogP contribution in [0.15, 0.2) is 41.8 Å². The third-order valence-electron chi connectivity index (χ3n) is 3.48. The summed E-state index contributed by atoms with van der Waals surface area (Å²) in [5.41, 5.74) is 6.64. The van der Waals surface area contributed by atoms with Crippen molar-refractivity contribution in [2.45, 2.75) is 19.0 Å². The van der Waals surface area contributed by atoms with E-state index in [1.807, 2.05) is 23.6 Å². The van der Waals surface area contributed by atoms with Crippen molar-refractivity contribution in [2.75, 3.05) is 7.05 Å². The summed E-state index contributed by atoms with van der Waals surface area (Å²) in [7, 11) is 1.69. The molecule has 0 spiro atoms. The number of carbonyl (C=O) groups excluding carboxylic acids is 2. The quantitative estimate of drug-likeness (QED) is 0.843. The molecular formula is C17H18N4O2S. The highest BCUT2D eigenvalue weighted by Crippen LogP contribution is 2.23. The molecule has 1 atom stereocenters. The van der Waals surface area contributed by atoms with E-state index in [4.69, 9.17) is 11.0 Å². The van der Waals surface area contributed by atoms with Crippen LogP contribution in [0.1, 0.15) is 28.5 Å². The maximum Gasteiger partial charge on any atom is 0.312 e. The highest BCUT2D eigenvalue weighted by Gasteiger charge is 2.20. The standard InChI is InChI=1S/C17H18N4O2S/c1-21(11-13-5-2-4-12(8-13)10-18)16(22)9-14(20-17(19)23)15-6-3-7-24-15/h2-8,14H,9,11H2,1H3,(H3,19,20,23). The number of nitrogens with one attached hydrogen (secondary N) is 1. The van der Waals surface area contributed by atoms with Crippen molar-refractivity contribution in [1.29, 1.82) is 5.26 Å². The van der Waals surface area contributed by atoms with Gasteiger partial charge in [-0.05, 0) is 29.1 Å². The van der Waals surface area contributed by atoms with Gasteiger partial charge in [0, 0.05) is 18.5 Å². The smallest absolute Gasteiger partial charge is 0.312 e. The topological polar surface area (TPSA) is 99.2 Å². The van der Waals surface area contributed by atoms with E-state index in [1.54, 1.807) is 30.1 Å². The summed E-state index contributed by atoms with van der Waals surface area (Å²) in [6.07, 6.45) is 0.123. The van der Waals surface area contributed by atoms with Gasteiger partial charge in [-0.25, -0.2) is 4.79 Å². The zero-order valence-electron chi connectivity index (χ0n) is 13.2. The summed E-state index contributed by atoms with van der Waals surface area (Å²) < 4.78 is 0. The normalized spacial score (nSPS) is 11.3. The third-order valence-corrected chi connectivity index (χ3v) is 4.47. The van der Waals surface area contributed by atoms with E-state index in [2.05, 4.69) is 11.4 Å². The molecule has 0 fully saturated rings. The number of carbonyl (C=O) groups is 2. The van der Waals surface area contributed by atoms with Crippen LogP contribution in [-0.2, 0) is 11.3 Å². The summed E-state index contributed by atoms with van der Waals surface area (Å²) in [6.45, 7) is 0.391. The lowest BCUT2D eigenvalue weighted by Crippen LogP contribution is -2.36. The number of hydrogen-bond acceptors (Lipinski definition) is 4. The average Bonchev–Trinajstić information content (AvgIpc) is 3.08. The summed E-state index contributed by atoms with van der Waals surface area (Å²) in [6, 6.07) is 11.8. The number of nitrogens with zero attached hydrogens (tertiary/aromatic N) is 2. The van der Waals surface area contributed by atoms with Crippen molar-refractivity contribution >= 4 is 23.3 Å². The second-order valence-corrected chi connectivity index (χ2v) is 6.32. The van der Waals surface area contributed by atoms with E-state index in [9.17, 15) is 9.59 Å². The number of primary amides is 1. The Hall–Kier alpha value is -2.85. The lowest BCUT2D eigenvalue weighted by atomic mass is 10.1. The van der Waals surface area contributed by atoms with Gasteiger partial charge in [-0.1, -0.05) is 18.2 Å². The Morgan fingerprint density at radius 1 is 1.38 bits per heavy atom. The molecule has 0 radical (unpaired) electrons. The van der Waals surface area contributed by atoms with Crippen LogP contribution in [0.25, 0.3) is 0 Å². The van der Waals surface area contributed by atoms with Crippen LogP contribution in [0.5, 0.6) is 0 Å². The molecule has 1 unspecified atom stereocenters. The first-order valence-electron chi connectivity index (χ1n) is 7.32. The predicted octanol–water partition coefficient (Wildman–Crippen LogP) is 2.38. The monoisotopic (exact) mass is 342 g/mol. The fraction of sp³-hybridized carbons (Fsp3) is 0.235. The molecule has 3 amide bonds. The molecule has 0 bridgehead atoms. The maximum absolute atomic E-state index is 12.5. The highest BCUT2D eigenvalue weighted by molar-refractivity contribution is 7.10. The van der Waals surface area contributed by atoms with Gasteiger partial charge in [-0.3, -0.25) is 4.79 Å². The van der Waals surface area contributed by atoms with E-state index in [1.165, 1.54) is 11.3 Å². The van der Waals surface area contributed by atoms with Crippen LogP contribution in [-0.4, -0.2) is 23.9 Å². The summed E-state index contributed by atoms with van der Waals surface area (Å²) >= 11 is 1.46. The number of nitriles is 1. The minimum absolute atomic E-state index is 0.121. The molecule has 124 valence electrons. The van der Waals surface area contributed by atoms with Gasteiger partial charge in [0.2, 0.25) is 5.91 Å². The van der Waals surface area contributed by atoms with Crippen molar-refractivity contribution in [3.8, 4) is 6.07 Å². The number of hydrogen-bond donors (Lipinski definition) is 2. The number of amides is 3. The molecule has 0 aliphatic rings. The number of thiophene rings is 1. The maximum atomic E-state index is 12.5. The Labute approximate surface area is 144 Å². The molecule has 0 saturated carbocycles. The second-order valence-electron chi connectivity index (χ2n) is 5.34. The van der Waals surface area contributed by atoms with Crippen molar-refractivity contribution < 1.29 is 9.59 Å². The van der Waals surface area contributed by atoms with Crippen LogP contribution in [0.4, 0.5) is 4.79 Å². The predicted molar refractivity (Wildman–Crippen MR) is 92.0 cm³/mol. The molecular weight excluding hydrogens is 324 g/mol. The van der Waals surface area contributed by atoms with E-state index >= 15 is 0 Å². The van der Waals surface area contributed by atoms with Gasteiger partial charge >= 0.3 is 6.03 Å². The first-order valence-corrected chi connectivity index (χ1v) is 8.20. The SMILES string of the molecule is CN(Cc1cccc(C#N)c1)C(=O)CC(NC(N)=O)c1cccs1. The van der Waals surface area contributed by atoms with Crippen molar-refractivity contribution in [3.63, 3.8) is 0 Å². The van der Waals surface area contributed by atoms with Gasteiger partial charge in [-0.15, -0.1) is 11.3 Å². The molecule has 1 aromatic heterocycles. The Balaban J connectivity index is 2.03. The lowest BCUT2D eigenvalue weighted by molar-refractivity contribution is -0.130. The fourth-order valence-corrected chi connectivity index (χ4v) is 3.09. The molecule has 7 heteroatoms. The van der Waals surface area contributed by atoms with Crippen molar-refractivity contribution in [1.82, 2.24) is 10.2 Å². The van der Waals surface area contributed by atoms with E-state index in [0.29, 0.717) is 12.1 Å². The summed E-state index contributed by atoms with van der Waals surface area (Å²) in [5, 5.41) is 13.4. The minimum atomic E-state index is -0.662. The van der Waals surface area contributed by atoms with Crippen LogP contribution in [0, 0.1) is 11.3 Å². The zero-order valence-corrected chi connectivity index (χ0v) is 14.0. The van der Waals surface area contributed by atoms with E-state index in [-0.39, 0.29) is 12.3 Å². The second kappa shape index (κ2) is 8.13. The molecule has 0 saturated heterocycles. The lowest BCUT2D eigenvalue weighted by Gasteiger charge is -2.21. The number of nitrogens with two attached hydrogens (primary N) is 1. The molecule has 2 aromatic rings. The Bertz CT molecular complexity index is 752. The molecule has 1 aromatic carbocycles. The molecule has 0 aliphatic heterocycles. The average molecular weight is 342 g/mol. The van der Waals surface area contributed by atoms with E-state index in [0.717, 1.165) is 10.4 Å². The first-order chi connectivity index (χ1) is 11.5. The van der Waals surface area contributed by atoms with Gasteiger partial charge in [0.1, 0.15) is 0 Å². The molecule has 1 heterocycles. The number of urea groups is 1. The van der Waals surface area contributed by atoms with Gasteiger partial charge in [0.15, 0.2) is 0 Å². The number of rotatable bonds is 6. The Kier molecular flexibility index (Phi) is 5.93. The summed E-state index contributed by atoms with van der Waals surface area (Å²) in [5.74, 6) is -0.121. The van der Waals surface area contributed by atoms with Gasteiger partial charge in [0.25, 0.3) is 0 Å². The molecule has 24 heavy (non-hydrogen) atoms. The van der Waals surface area contributed by atoms with Gasteiger partial charge in [0.05, 0.1) is 24.1 Å². The van der Waals surface area contributed by atoms with Gasteiger partial charge in [-0.2, -0.15) is 5.26 Å². The highest BCUT2D eigenvalue weighted by atomic mass is 32.1. The molecule has 6 nitrogen and oxygen atoms in total. The van der Waals surface area contributed by atoms with Crippen LogP contribution in [0.2, 0.25) is 0 Å². The van der Waals surface area contributed by atoms with E-state index < -0.39 is 12.1 Å². The van der Waals surface area contributed by atoms with Crippen LogP contribution >= 0.6 is 11.3 Å². The number of benzene rings is 1. The van der Waals surface area contributed by atoms with Crippen molar-refractivity contribution in [2.24, 2.45) is 5.73 Å². The molecule has 3 N–H and O–H groups in total. The van der Waals surface area contributed by atoms with Gasteiger partial charge < -0.3 is 16.0 Å².